The predicted octanol–water partition coefficient (Wildman–Crippen LogP) is 3.92. The number of likely N-dealkylation sites (tertiary alicyclic amines) is 1. The molecule has 1 aliphatic heterocycles. The van der Waals surface area contributed by atoms with E-state index in [2.05, 4.69) is 4.90 Å². The van der Waals surface area contributed by atoms with E-state index in [-0.39, 0.29) is 37.6 Å². The molecule has 6 heteroatoms. The zero-order valence-corrected chi connectivity index (χ0v) is 21.9. The maximum Gasteiger partial charge on any atom is 0.310 e. The third-order valence-electron chi connectivity index (χ3n) is 7.73. The second kappa shape index (κ2) is 13.7. The Morgan fingerprint density at radius 3 is 1.95 bits per heavy atom. The third-order valence-corrected chi connectivity index (χ3v) is 7.73. The first-order chi connectivity index (χ1) is 18.5. The monoisotopic (exact) mass is 517 g/mol. The Morgan fingerprint density at radius 2 is 1.42 bits per heavy atom. The lowest BCUT2D eigenvalue weighted by atomic mass is 9.72. The summed E-state index contributed by atoms with van der Waals surface area (Å²) in [4.78, 5) is 14.6. The van der Waals surface area contributed by atoms with Crippen molar-refractivity contribution in [3.8, 4) is 0 Å². The number of carbonyl (C=O) groups excluding carboxylic acids is 1. The van der Waals surface area contributed by atoms with Crippen molar-refractivity contribution in [3.63, 3.8) is 0 Å². The topological polar surface area (TPSA) is 90.2 Å². The summed E-state index contributed by atoms with van der Waals surface area (Å²) < 4.78 is 5.43. The summed E-state index contributed by atoms with van der Waals surface area (Å²) in [5.74, 6) is -0.367. The van der Waals surface area contributed by atoms with Gasteiger partial charge in [0.2, 0.25) is 0 Å². The average molecular weight is 518 g/mol. The summed E-state index contributed by atoms with van der Waals surface area (Å²) in [6, 6.07) is 28.8. The van der Waals surface area contributed by atoms with Gasteiger partial charge in [0.1, 0.15) is 18.3 Å². The molecule has 0 aliphatic carbocycles. The molecule has 0 radical (unpaired) electrons. The zero-order valence-electron chi connectivity index (χ0n) is 21.9. The van der Waals surface area contributed by atoms with Crippen LogP contribution in [0, 0.1) is 5.92 Å². The van der Waals surface area contributed by atoms with Crippen molar-refractivity contribution in [3.05, 3.63) is 108 Å². The Morgan fingerprint density at radius 1 is 0.895 bits per heavy atom. The minimum atomic E-state index is -1.11. The van der Waals surface area contributed by atoms with E-state index in [1.807, 2.05) is 91.0 Å². The van der Waals surface area contributed by atoms with Crippen LogP contribution in [0.3, 0.4) is 0 Å². The maximum atomic E-state index is 12.3. The van der Waals surface area contributed by atoms with Crippen LogP contribution in [0.15, 0.2) is 91.0 Å². The molecule has 3 aromatic carbocycles. The molecule has 0 spiro atoms. The molecule has 38 heavy (non-hydrogen) atoms. The van der Waals surface area contributed by atoms with Crippen molar-refractivity contribution >= 4 is 5.97 Å². The fraction of sp³-hybridized carbons (Fsp3) is 0.406. The smallest absolute Gasteiger partial charge is 0.310 e. The Kier molecular flexibility index (Phi) is 10.1. The van der Waals surface area contributed by atoms with E-state index >= 15 is 0 Å². The first-order valence-electron chi connectivity index (χ1n) is 13.6. The van der Waals surface area contributed by atoms with Crippen LogP contribution in [0.2, 0.25) is 0 Å². The maximum absolute atomic E-state index is 12.3. The molecule has 0 bridgehead atoms. The van der Waals surface area contributed by atoms with Crippen LogP contribution in [-0.4, -0.2) is 64.6 Å². The number of benzene rings is 3. The number of hydrogen-bond donors (Lipinski definition) is 3. The molecule has 4 rings (SSSR count). The van der Waals surface area contributed by atoms with Crippen LogP contribution >= 0.6 is 0 Å². The molecule has 202 valence electrons. The number of rotatable bonds is 12. The number of esters is 1. The first-order valence-corrected chi connectivity index (χ1v) is 13.6. The van der Waals surface area contributed by atoms with Gasteiger partial charge in [-0.2, -0.15) is 0 Å². The van der Waals surface area contributed by atoms with Gasteiger partial charge in [-0.05, 0) is 61.4 Å². The first kappa shape index (κ1) is 28.0. The quantitative estimate of drug-likeness (QED) is 0.316. The number of nitrogens with zero attached hydrogens (tertiary/aromatic N) is 1. The van der Waals surface area contributed by atoms with Crippen LogP contribution < -0.4 is 0 Å². The van der Waals surface area contributed by atoms with Gasteiger partial charge in [-0.25, -0.2) is 0 Å². The molecule has 1 aliphatic rings. The Hall–Kier alpha value is -3.03. The molecule has 1 fully saturated rings. The van der Waals surface area contributed by atoms with E-state index in [1.165, 1.54) is 0 Å². The number of aliphatic hydroxyl groups excluding tert-OH is 2. The number of piperidine rings is 1. The highest BCUT2D eigenvalue weighted by molar-refractivity contribution is 5.72. The lowest BCUT2D eigenvalue weighted by Gasteiger charge is -2.45. The fourth-order valence-corrected chi connectivity index (χ4v) is 5.69. The average Bonchev–Trinajstić information content (AvgIpc) is 2.97. The third kappa shape index (κ3) is 6.88. The van der Waals surface area contributed by atoms with Crippen molar-refractivity contribution in [2.45, 2.75) is 49.9 Å². The van der Waals surface area contributed by atoms with Crippen molar-refractivity contribution in [2.75, 3.05) is 26.3 Å². The highest BCUT2D eigenvalue weighted by Gasteiger charge is 2.42. The molecule has 0 amide bonds. The summed E-state index contributed by atoms with van der Waals surface area (Å²) in [5.41, 5.74) is 1.52. The van der Waals surface area contributed by atoms with Crippen LogP contribution in [-0.2, 0) is 21.6 Å². The molecule has 1 heterocycles. The molecule has 3 N–H and O–H groups in total. The molecule has 0 saturated carbocycles. The normalized spacial score (nSPS) is 16.6. The van der Waals surface area contributed by atoms with Gasteiger partial charge in [-0.1, -0.05) is 91.0 Å². The van der Waals surface area contributed by atoms with Gasteiger partial charge in [-0.15, -0.1) is 0 Å². The number of hydrogen-bond acceptors (Lipinski definition) is 6. The van der Waals surface area contributed by atoms with Crippen molar-refractivity contribution in [1.82, 2.24) is 4.90 Å². The van der Waals surface area contributed by atoms with Crippen molar-refractivity contribution < 1.29 is 24.9 Å². The second-order valence-electron chi connectivity index (χ2n) is 10.2. The van der Waals surface area contributed by atoms with E-state index in [0.29, 0.717) is 25.9 Å². The summed E-state index contributed by atoms with van der Waals surface area (Å²) in [7, 11) is 0. The van der Waals surface area contributed by atoms with E-state index < -0.39 is 11.7 Å². The molecule has 3 aromatic rings. The Bertz CT molecular complexity index is 1060. The van der Waals surface area contributed by atoms with E-state index in [4.69, 9.17) is 4.74 Å². The summed E-state index contributed by atoms with van der Waals surface area (Å²) in [6.07, 6.45) is 1.95. The molecule has 6 nitrogen and oxygen atoms in total. The number of aliphatic hydroxyl groups is 3. The number of carbonyl (C=O) groups is 1. The molecular formula is C32H39NO5. The molecule has 2 unspecified atom stereocenters. The van der Waals surface area contributed by atoms with Gasteiger partial charge in [-0.3, -0.25) is 9.69 Å². The molecule has 0 aromatic heterocycles. The summed E-state index contributed by atoms with van der Waals surface area (Å²) in [5, 5.41) is 32.7. The van der Waals surface area contributed by atoms with Crippen LogP contribution in [0.5, 0.6) is 0 Å². The van der Waals surface area contributed by atoms with Crippen LogP contribution in [0.4, 0.5) is 0 Å². The van der Waals surface area contributed by atoms with Crippen LogP contribution in [0.1, 0.15) is 42.4 Å². The predicted molar refractivity (Wildman–Crippen MR) is 147 cm³/mol. The van der Waals surface area contributed by atoms with E-state index in [9.17, 15) is 20.1 Å². The highest BCUT2D eigenvalue weighted by atomic mass is 16.5. The number of ether oxygens (including phenoxy) is 1. The second-order valence-corrected chi connectivity index (χ2v) is 10.2. The van der Waals surface area contributed by atoms with Crippen molar-refractivity contribution in [2.24, 2.45) is 5.92 Å². The molecule has 1 saturated heterocycles. The fourth-order valence-electron chi connectivity index (χ4n) is 5.69. The largest absolute Gasteiger partial charge is 0.463 e. The van der Waals surface area contributed by atoms with E-state index in [0.717, 1.165) is 29.5 Å². The van der Waals surface area contributed by atoms with Gasteiger partial charge in [0, 0.05) is 12.6 Å². The van der Waals surface area contributed by atoms with Gasteiger partial charge in [0.25, 0.3) is 0 Å². The standard InChI is InChI=1S/C32H39NO5/c34-22-10-17-29(30(35)24-38-31(36)23-25-11-4-1-5-12-25)33-20-18-28(19-21-33)32(37,26-13-6-2-7-14-26)27-15-8-3-9-16-27/h1-9,11-16,28-30,34-35,37H,10,17-24H2. The van der Waals surface area contributed by atoms with Gasteiger partial charge in [0.15, 0.2) is 0 Å². The Balaban J connectivity index is 1.41. The van der Waals surface area contributed by atoms with Crippen molar-refractivity contribution in [1.29, 1.82) is 0 Å². The highest BCUT2D eigenvalue weighted by Crippen LogP contribution is 2.42. The van der Waals surface area contributed by atoms with Gasteiger partial charge in [0.05, 0.1) is 6.42 Å². The Labute approximate surface area is 225 Å². The zero-order chi connectivity index (χ0) is 26.8. The van der Waals surface area contributed by atoms with Gasteiger partial charge < -0.3 is 20.1 Å². The van der Waals surface area contributed by atoms with Gasteiger partial charge >= 0.3 is 5.97 Å². The summed E-state index contributed by atoms with van der Waals surface area (Å²) in [6.45, 7) is 1.34. The SMILES string of the molecule is O=C(Cc1ccccc1)OCC(O)C(CCCO)N1CCC(C(O)(c2ccccc2)c2ccccc2)CC1. The summed E-state index contributed by atoms with van der Waals surface area (Å²) >= 11 is 0. The minimum Gasteiger partial charge on any atom is -0.463 e. The lowest BCUT2D eigenvalue weighted by molar-refractivity contribution is -0.147. The lowest BCUT2D eigenvalue weighted by Crippen LogP contribution is -2.51. The molecular weight excluding hydrogens is 478 g/mol. The minimum absolute atomic E-state index is 0.00267. The van der Waals surface area contributed by atoms with E-state index in [1.54, 1.807) is 0 Å². The van der Waals surface area contributed by atoms with Crippen LogP contribution in [0.25, 0.3) is 0 Å². The molecule has 2 atom stereocenters.